The Kier molecular flexibility index (Phi) is 6.72. The molecule has 2 aromatic heterocycles. The first-order valence-corrected chi connectivity index (χ1v) is 13.6. The summed E-state index contributed by atoms with van der Waals surface area (Å²) in [6, 6.07) is 15.8. The van der Waals surface area contributed by atoms with E-state index in [1.807, 2.05) is 18.2 Å². The van der Waals surface area contributed by atoms with Crippen molar-refractivity contribution in [3.05, 3.63) is 94.0 Å². The number of carbonyl (C=O) groups excluding carboxylic acids is 1. The van der Waals surface area contributed by atoms with Crippen LogP contribution in [0.1, 0.15) is 15.9 Å². The molecule has 0 bridgehead atoms. The van der Waals surface area contributed by atoms with Crippen molar-refractivity contribution >= 4 is 61.1 Å². The molecule has 0 amide bonds. The number of anilines is 1. The number of rotatable bonds is 6. The number of nitrogens with zero attached hydrogens (tertiary/aromatic N) is 3. The highest BCUT2D eigenvalue weighted by Crippen LogP contribution is 2.31. The smallest absolute Gasteiger partial charge is 0.268 e. The molecule has 1 aliphatic rings. The number of hydrogen-bond donors (Lipinski definition) is 0. The van der Waals surface area contributed by atoms with Crippen LogP contribution >= 0.6 is 22.6 Å². The molecule has 5 rings (SSSR count). The fourth-order valence-electron chi connectivity index (χ4n) is 4.06. The van der Waals surface area contributed by atoms with Crippen LogP contribution in [0.2, 0.25) is 0 Å². The van der Waals surface area contributed by atoms with Gasteiger partial charge in [0.2, 0.25) is 0 Å². The number of pyridine rings is 1. The molecule has 4 aromatic rings. The maximum Gasteiger partial charge on any atom is 0.268 e. The Morgan fingerprint density at radius 3 is 2.43 bits per heavy atom. The lowest BCUT2D eigenvalue weighted by atomic mass is 10.1. The number of benzene rings is 2. The summed E-state index contributed by atoms with van der Waals surface area (Å²) in [5.74, 6) is -0.182. The predicted octanol–water partition coefficient (Wildman–Crippen LogP) is 4.61. The molecule has 0 radical (unpaired) electrons. The predicted molar refractivity (Wildman–Crippen MR) is 144 cm³/mol. The average Bonchev–Trinajstić information content (AvgIpc) is 3.27. The Labute approximate surface area is 217 Å². The van der Waals surface area contributed by atoms with Gasteiger partial charge in [-0.25, -0.2) is 12.4 Å². The van der Waals surface area contributed by atoms with Crippen molar-refractivity contribution in [1.29, 1.82) is 0 Å². The van der Waals surface area contributed by atoms with Gasteiger partial charge < -0.3 is 9.64 Å². The quantitative estimate of drug-likeness (QED) is 0.183. The van der Waals surface area contributed by atoms with Crippen molar-refractivity contribution in [2.24, 2.45) is 0 Å². The Morgan fingerprint density at radius 2 is 1.71 bits per heavy atom. The van der Waals surface area contributed by atoms with Crippen molar-refractivity contribution in [2.45, 2.75) is 4.90 Å². The highest BCUT2D eigenvalue weighted by molar-refractivity contribution is 14.1. The van der Waals surface area contributed by atoms with Gasteiger partial charge in [-0.2, -0.15) is 0 Å². The summed E-state index contributed by atoms with van der Waals surface area (Å²) in [5.41, 5.74) is 2.70. The van der Waals surface area contributed by atoms with E-state index in [4.69, 9.17) is 4.74 Å². The number of halogens is 1. The van der Waals surface area contributed by atoms with Gasteiger partial charge in [-0.05, 0) is 89.3 Å². The molecule has 0 atom stereocenters. The minimum Gasteiger partial charge on any atom is -0.378 e. The van der Waals surface area contributed by atoms with Gasteiger partial charge >= 0.3 is 0 Å². The number of hydrogen-bond acceptors (Lipinski definition) is 6. The van der Waals surface area contributed by atoms with E-state index in [2.05, 4.69) is 32.5 Å². The average molecular weight is 599 g/mol. The van der Waals surface area contributed by atoms with Gasteiger partial charge in [0.15, 0.2) is 5.78 Å². The van der Waals surface area contributed by atoms with Crippen molar-refractivity contribution < 1.29 is 17.9 Å². The summed E-state index contributed by atoms with van der Waals surface area (Å²) in [7, 11) is -3.84. The van der Waals surface area contributed by atoms with Crippen molar-refractivity contribution in [3.8, 4) is 0 Å². The van der Waals surface area contributed by atoms with E-state index >= 15 is 0 Å². The standard InChI is InChI=1S/C26H22IN3O4S/c27-21-2-5-23(6-3-21)35(32,33)30-18-20(1-8-26(31)19-9-11-28-12-10-19)24-17-22(4-7-25(24)30)29-13-15-34-16-14-29/h1-12,17-18H,13-16H2/b8-1+. The second kappa shape index (κ2) is 9.92. The maximum atomic E-state index is 13.6. The first kappa shape index (κ1) is 23.7. The fraction of sp³-hybridized carbons (Fsp3) is 0.154. The summed E-state index contributed by atoms with van der Waals surface area (Å²) in [6.45, 7) is 2.82. The second-order valence-corrected chi connectivity index (χ2v) is 11.1. The number of fused-ring (bicyclic) bond motifs is 1. The molecule has 2 aromatic carbocycles. The number of carbonyl (C=O) groups is 1. The summed E-state index contributed by atoms with van der Waals surface area (Å²) in [6.07, 6.45) is 7.85. The molecule has 0 unspecified atom stereocenters. The molecule has 9 heteroatoms. The highest BCUT2D eigenvalue weighted by Gasteiger charge is 2.22. The monoisotopic (exact) mass is 599 g/mol. The lowest BCUT2D eigenvalue weighted by Gasteiger charge is -2.29. The normalized spacial score (nSPS) is 14.6. The van der Waals surface area contributed by atoms with E-state index in [-0.39, 0.29) is 10.7 Å². The van der Waals surface area contributed by atoms with Crippen molar-refractivity contribution in [1.82, 2.24) is 8.96 Å². The Hall–Kier alpha value is -3.02. The number of morpholine rings is 1. The van der Waals surface area contributed by atoms with Crippen LogP contribution in [-0.2, 0) is 14.8 Å². The van der Waals surface area contributed by atoms with Crippen LogP contribution in [0, 0.1) is 3.57 Å². The second-order valence-electron chi connectivity index (χ2n) is 8.07. The topological polar surface area (TPSA) is 81.5 Å². The molecular formula is C26H22IN3O4S. The molecule has 7 nitrogen and oxygen atoms in total. The number of aromatic nitrogens is 2. The van der Waals surface area contributed by atoms with Crippen LogP contribution in [0.4, 0.5) is 5.69 Å². The zero-order valence-electron chi connectivity index (χ0n) is 18.7. The molecule has 0 spiro atoms. The molecule has 1 aliphatic heterocycles. The Bertz CT molecular complexity index is 1510. The molecular weight excluding hydrogens is 577 g/mol. The molecule has 1 fully saturated rings. The summed E-state index contributed by atoms with van der Waals surface area (Å²) in [4.78, 5) is 19.0. The van der Waals surface area contributed by atoms with Gasteiger partial charge in [-0.1, -0.05) is 0 Å². The molecule has 0 aliphatic carbocycles. The van der Waals surface area contributed by atoms with Crippen LogP contribution in [-0.4, -0.2) is 49.5 Å². The highest BCUT2D eigenvalue weighted by atomic mass is 127. The minimum atomic E-state index is -3.84. The zero-order valence-corrected chi connectivity index (χ0v) is 21.6. The van der Waals surface area contributed by atoms with Crippen LogP contribution in [0.15, 0.2) is 84.2 Å². The molecule has 0 saturated carbocycles. The van der Waals surface area contributed by atoms with Crippen LogP contribution < -0.4 is 4.90 Å². The van der Waals surface area contributed by atoms with E-state index in [9.17, 15) is 13.2 Å². The lowest BCUT2D eigenvalue weighted by molar-refractivity contribution is 0.104. The van der Waals surface area contributed by atoms with Crippen molar-refractivity contribution in [3.63, 3.8) is 0 Å². The van der Waals surface area contributed by atoms with Gasteiger partial charge in [0.1, 0.15) is 0 Å². The van der Waals surface area contributed by atoms with Gasteiger partial charge in [-0.3, -0.25) is 9.78 Å². The third kappa shape index (κ3) is 4.89. The first-order valence-electron chi connectivity index (χ1n) is 11.0. The van der Waals surface area contributed by atoms with E-state index < -0.39 is 10.0 Å². The minimum absolute atomic E-state index is 0.182. The SMILES string of the molecule is O=C(/C=C/c1cn(S(=O)(=O)c2ccc(I)cc2)c2ccc(N3CCOCC3)cc12)c1ccncc1. The third-order valence-corrected chi connectivity index (χ3v) is 8.32. The molecule has 0 N–H and O–H groups in total. The Balaban J connectivity index is 1.61. The van der Waals surface area contributed by atoms with Crippen molar-refractivity contribution in [2.75, 3.05) is 31.2 Å². The number of ether oxygens (including phenoxy) is 1. The van der Waals surface area contributed by atoms with Crippen LogP contribution in [0.5, 0.6) is 0 Å². The van der Waals surface area contributed by atoms with Gasteiger partial charge in [-0.15, -0.1) is 0 Å². The van der Waals surface area contributed by atoms with Gasteiger partial charge in [0.05, 0.1) is 23.6 Å². The molecule has 3 heterocycles. The molecule has 35 heavy (non-hydrogen) atoms. The number of allylic oxidation sites excluding steroid dienone is 1. The zero-order chi connectivity index (χ0) is 24.4. The maximum absolute atomic E-state index is 13.6. The summed E-state index contributed by atoms with van der Waals surface area (Å²) in [5, 5.41) is 0.752. The van der Waals surface area contributed by atoms with Gasteiger partial charge in [0, 0.05) is 57.5 Å². The van der Waals surface area contributed by atoms with E-state index in [0.717, 1.165) is 27.7 Å². The van der Waals surface area contributed by atoms with E-state index in [1.54, 1.807) is 61.1 Å². The fourth-order valence-corrected chi connectivity index (χ4v) is 5.80. The van der Waals surface area contributed by atoms with E-state index in [1.165, 1.54) is 10.0 Å². The molecule has 178 valence electrons. The van der Waals surface area contributed by atoms with Crippen LogP contribution in [0.25, 0.3) is 17.0 Å². The summed E-state index contributed by atoms with van der Waals surface area (Å²) < 4.78 is 34.8. The third-order valence-electron chi connectivity index (χ3n) is 5.91. The number of ketones is 1. The first-order chi connectivity index (χ1) is 16.9. The van der Waals surface area contributed by atoms with Crippen LogP contribution in [0.3, 0.4) is 0 Å². The Morgan fingerprint density at radius 1 is 1.00 bits per heavy atom. The largest absolute Gasteiger partial charge is 0.378 e. The molecule has 1 saturated heterocycles. The van der Waals surface area contributed by atoms with Gasteiger partial charge in [0.25, 0.3) is 10.0 Å². The van der Waals surface area contributed by atoms with E-state index in [0.29, 0.717) is 29.9 Å². The lowest BCUT2D eigenvalue weighted by Crippen LogP contribution is -2.36. The summed E-state index contributed by atoms with van der Waals surface area (Å²) >= 11 is 2.14.